The maximum Gasteiger partial charge on any atom is 0.271 e. The van der Waals surface area contributed by atoms with Gasteiger partial charge in [-0.2, -0.15) is 0 Å². The number of rotatable bonds is 7. The third-order valence-corrected chi connectivity index (χ3v) is 7.15. The lowest BCUT2D eigenvalue weighted by atomic mass is 9.93. The first-order valence-corrected chi connectivity index (χ1v) is 12.0. The molecule has 2 aromatic heterocycles. The fourth-order valence-electron chi connectivity index (χ4n) is 5.26. The predicted molar refractivity (Wildman–Crippen MR) is 127 cm³/mol. The number of nitrogens with one attached hydrogen (secondary N) is 1. The van der Waals surface area contributed by atoms with Crippen LogP contribution in [-0.4, -0.2) is 39.4 Å². The fourth-order valence-corrected chi connectivity index (χ4v) is 5.26. The van der Waals surface area contributed by atoms with Gasteiger partial charge in [0.05, 0.1) is 18.5 Å². The summed E-state index contributed by atoms with van der Waals surface area (Å²) in [7, 11) is 0. The molecule has 6 heteroatoms. The Hall–Kier alpha value is -3.28. The van der Waals surface area contributed by atoms with Gasteiger partial charge in [0.2, 0.25) is 5.91 Å². The molecular formula is C27H31N3O3. The molecule has 6 nitrogen and oxygen atoms in total. The topological polar surface area (TPSA) is 67.5 Å². The number of nitrogens with zero attached hydrogens (tertiary/aromatic N) is 2. The highest BCUT2D eigenvalue weighted by Gasteiger charge is 2.48. The minimum atomic E-state index is -0.969. The molecule has 0 unspecified atom stereocenters. The van der Waals surface area contributed by atoms with Gasteiger partial charge in [-0.05, 0) is 62.4 Å². The summed E-state index contributed by atoms with van der Waals surface area (Å²) in [6.07, 6.45) is 7.60. The van der Waals surface area contributed by atoms with Crippen molar-refractivity contribution < 1.29 is 14.0 Å². The number of furan rings is 1. The van der Waals surface area contributed by atoms with Crippen LogP contribution in [-0.2, 0) is 17.8 Å². The van der Waals surface area contributed by atoms with Crippen LogP contribution in [0.5, 0.6) is 0 Å². The highest BCUT2D eigenvalue weighted by molar-refractivity contribution is 6.00. The molecule has 2 amide bonds. The molecule has 172 valence electrons. The predicted octanol–water partition coefficient (Wildman–Crippen LogP) is 4.65. The Morgan fingerprint density at radius 3 is 2.55 bits per heavy atom. The second-order valence-corrected chi connectivity index (χ2v) is 9.44. The SMILES string of the molecule is C[C@@]1(C(=O)NC2CCCC2)Cn2c(ccc2-c2ccco2)C(=O)N1CCCc1ccccc1. The van der Waals surface area contributed by atoms with E-state index in [1.807, 2.05) is 54.0 Å². The summed E-state index contributed by atoms with van der Waals surface area (Å²) in [4.78, 5) is 29.1. The van der Waals surface area contributed by atoms with E-state index in [0.717, 1.165) is 44.2 Å². The molecule has 5 rings (SSSR count). The first-order valence-electron chi connectivity index (χ1n) is 12.0. The van der Waals surface area contributed by atoms with Gasteiger partial charge in [-0.25, -0.2) is 0 Å². The maximum atomic E-state index is 13.7. The molecule has 0 spiro atoms. The lowest BCUT2D eigenvalue weighted by molar-refractivity contribution is -0.133. The monoisotopic (exact) mass is 445 g/mol. The summed E-state index contributed by atoms with van der Waals surface area (Å²) >= 11 is 0. The number of carbonyl (C=O) groups is 2. The summed E-state index contributed by atoms with van der Waals surface area (Å²) in [6, 6.07) is 18.0. The second-order valence-electron chi connectivity index (χ2n) is 9.44. The quantitative estimate of drug-likeness (QED) is 0.575. The van der Waals surface area contributed by atoms with Crippen molar-refractivity contribution in [2.75, 3.05) is 6.54 Å². The first kappa shape index (κ1) is 21.6. The van der Waals surface area contributed by atoms with Crippen molar-refractivity contribution in [3.05, 3.63) is 72.1 Å². The highest BCUT2D eigenvalue weighted by Crippen LogP contribution is 2.34. The van der Waals surface area contributed by atoms with Crippen molar-refractivity contribution in [2.24, 2.45) is 0 Å². The average Bonchev–Trinajstić information content (AvgIpc) is 3.58. The lowest BCUT2D eigenvalue weighted by Gasteiger charge is -2.44. The van der Waals surface area contributed by atoms with Gasteiger partial charge >= 0.3 is 0 Å². The van der Waals surface area contributed by atoms with Gasteiger partial charge in [-0.1, -0.05) is 43.2 Å². The molecular weight excluding hydrogens is 414 g/mol. The smallest absolute Gasteiger partial charge is 0.271 e. The third kappa shape index (κ3) is 4.10. The Morgan fingerprint density at radius 2 is 1.82 bits per heavy atom. The molecule has 1 aromatic carbocycles. The molecule has 33 heavy (non-hydrogen) atoms. The van der Waals surface area contributed by atoms with Crippen LogP contribution in [0.3, 0.4) is 0 Å². The molecule has 0 radical (unpaired) electrons. The number of amides is 2. The van der Waals surface area contributed by atoms with Gasteiger partial charge in [0.1, 0.15) is 17.0 Å². The summed E-state index contributed by atoms with van der Waals surface area (Å²) in [5.41, 5.74) is 1.70. The molecule has 1 fully saturated rings. The van der Waals surface area contributed by atoms with Crippen LogP contribution in [0.15, 0.2) is 65.3 Å². The number of fused-ring (bicyclic) bond motifs is 1. The van der Waals surface area contributed by atoms with E-state index in [1.165, 1.54) is 5.56 Å². The number of hydrogen-bond donors (Lipinski definition) is 1. The van der Waals surface area contributed by atoms with Crippen LogP contribution < -0.4 is 5.32 Å². The van der Waals surface area contributed by atoms with Crippen molar-refractivity contribution in [3.8, 4) is 11.5 Å². The number of benzene rings is 1. The van der Waals surface area contributed by atoms with Gasteiger partial charge in [0.15, 0.2) is 0 Å². The van der Waals surface area contributed by atoms with E-state index in [-0.39, 0.29) is 17.9 Å². The molecule has 3 heterocycles. The highest BCUT2D eigenvalue weighted by atomic mass is 16.3. The second kappa shape index (κ2) is 8.93. The lowest BCUT2D eigenvalue weighted by Crippen LogP contribution is -2.65. The molecule has 0 saturated heterocycles. The van der Waals surface area contributed by atoms with Gasteiger partial charge in [0, 0.05) is 12.6 Å². The van der Waals surface area contributed by atoms with E-state index in [0.29, 0.717) is 24.5 Å². The fraction of sp³-hybridized carbons (Fsp3) is 0.407. The van der Waals surface area contributed by atoms with Crippen molar-refractivity contribution >= 4 is 11.8 Å². The molecule has 1 N–H and O–H groups in total. The van der Waals surface area contributed by atoms with Crippen molar-refractivity contribution in [2.45, 2.75) is 63.6 Å². The zero-order chi connectivity index (χ0) is 22.8. The van der Waals surface area contributed by atoms with Crippen molar-refractivity contribution in [1.29, 1.82) is 0 Å². The number of aryl methyl sites for hydroxylation is 1. The van der Waals surface area contributed by atoms with Gasteiger partial charge < -0.3 is 19.2 Å². The minimum absolute atomic E-state index is 0.0628. The van der Waals surface area contributed by atoms with Gasteiger partial charge in [-0.3, -0.25) is 9.59 Å². The van der Waals surface area contributed by atoms with E-state index in [9.17, 15) is 9.59 Å². The van der Waals surface area contributed by atoms with Crippen LogP contribution in [0, 0.1) is 0 Å². The number of hydrogen-bond acceptors (Lipinski definition) is 3. The summed E-state index contributed by atoms with van der Waals surface area (Å²) in [5.74, 6) is 0.536. The van der Waals surface area contributed by atoms with Gasteiger partial charge in [0.25, 0.3) is 5.91 Å². The number of carbonyl (C=O) groups excluding carboxylic acids is 2. The first-order chi connectivity index (χ1) is 16.1. The Kier molecular flexibility index (Phi) is 5.83. The molecule has 1 aliphatic heterocycles. The largest absolute Gasteiger partial charge is 0.463 e. The molecule has 2 aliphatic rings. The summed E-state index contributed by atoms with van der Waals surface area (Å²) in [5, 5.41) is 3.26. The van der Waals surface area contributed by atoms with E-state index in [1.54, 1.807) is 11.2 Å². The summed E-state index contributed by atoms with van der Waals surface area (Å²) < 4.78 is 7.56. The van der Waals surface area contributed by atoms with Crippen LogP contribution in [0.25, 0.3) is 11.5 Å². The molecule has 1 atom stereocenters. The van der Waals surface area contributed by atoms with E-state index in [4.69, 9.17) is 4.42 Å². The van der Waals surface area contributed by atoms with Gasteiger partial charge in [-0.15, -0.1) is 0 Å². The zero-order valence-electron chi connectivity index (χ0n) is 19.1. The summed E-state index contributed by atoms with van der Waals surface area (Å²) in [6.45, 7) is 2.84. The Bertz CT molecular complexity index is 1110. The van der Waals surface area contributed by atoms with E-state index < -0.39 is 5.54 Å². The Labute approximate surface area is 194 Å². The standard InChI is InChI=1S/C27H31N3O3/c1-27(26(32)28-21-12-5-6-13-21)19-29-22(24-14-8-18-33-24)15-16-23(29)25(31)30(27)17-7-11-20-9-3-2-4-10-20/h2-4,8-10,14-16,18,21H,5-7,11-13,17,19H2,1H3,(H,28,32)/t27-/m0/s1. The van der Waals surface area contributed by atoms with E-state index >= 15 is 0 Å². The van der Waals surface area contributed by atoms with Crippen LogP contribution in [0.4, 0.5) is 0 Å². The number of aromatic nitrogens is 1. The van der Waals surface area contributed by atoms with Crippen molar-refractivity contribution in [1.82, 2.24) is 14.8 Å². The molecule has 1 saturated carbocycles. The molecule has 1 aliphatic carbocycles. The van der Waals surface area contributed by atoms with E-state index in [2.05, 4.69) is 17.4 Å². The molecule has 0 bridgehead atoms. The Morgan fingerprint density at radius 1 is 1.06 bits per heavy atom. The molecule has 3 aromatic rings. The van der Waals surface area contributed by atoms with Crippen LogP contribution in [0.1, 0.15) is 55.1 Å². The zero-order valence-corrected chi connectivity index (χ0v) is 19.1. The van der Waals surface area contributed by atoms with Crippen LogP contribution in [0.2, 0.25) is 0 Å². The maximum absolute atomic E-state index is 13.7. The van der Waals surface area contributed by atoms with Crippen molar-refractivity contribution in [3.63, 3.8) is 0 Å². The minimum Gasteiger partial charge on any atom is -0.463 e. The third-order valence-electron chi connectivity index (χ3n) is 7.15. The average molecular weight is 446 g/mol. The Balaban J connectivity index is 1.44. The normalized spacial score (nSPS) is 20.8. The van der Waals surface area contributed by atoms with Crippen LogP contribution >= 0.6 is 0 Å².